The minimum Gasteiger partial charge on any atom is -0.388 e. The molecule has 1 aromatic heterocycles. The van der Waals surface area contributed by atoms with E-state index >= 15 is 0 Å². The highest BCUT2D eigenvalue weighted by atomic mass is 79.9. The van der Waals surface area contributed by atoms with E-state index in [1.165, 1.54) is 25.7 Å². The van der Waals surface area contributed by atoms with E-state index in [0.29, 0.717) is 12.5 Å². The van der Waals surface area contributed by atoms with Crippen LogP contribution in [0.2, 0.25) is 0 Å². The fraction of sp³-hybridized carbons (Fsp3) is 0.438. The van der Waals surface area contributed by atoms with Crippen molar-refractivity contribution >= 4 is 31.9 Å². The smallest absolute Gasteiger partial charge is 0.0846 e. The molecule has 3 rings (SSSR count). The Hall–Kier alpha value is -0.650. The average Bonchev–Trinajstić information content (AvgIpc) is 3.07. The lowest BCUT2D eigenvalue weighted by molar-refractivity contribution is 0.176. The molecule has 21 heavy (non-hydrogen) atoms. The summed E-state index contributed by atoms with van der Waals surface area (Å²) in [4.78, 5) is 0. The van der Waals surface area contributed by atoms with Crippen molar-refractivity contribution in [2.45, 2.75) is 44.2 Å². The minimum atomic E-state index is -0.536. The van der Waals surface area contributed by atoms with Gasteiger partial charge in [0, 0.05) is 21.6 Å². The van der Waals surface area contributed by atoms with Crippen molar-refractivity contribution in [2.24, 2.45) is 0 Å². The van der Waals surface area contributed by atoms with Crippen molar-refractivity contribution in [3.05, 3.63) is 50.7 Å². The quantitative estimate of drug-likeness (QED) is 0.781. The Labute approximate surface area is 141 Å². The summed E-state index contributed by atoms with van der Waals surface area (Å²) in [6.07, 6.45) is 7.11. The van der Waals surface area contributed by atoms with Crippen LogP contribution in [0.15, 0.2) is 39.4 Å². The normalized spacial score (nSPS) is 17.3. The molecular formula is C16H18Br2N2O. The molecule has 5 heteroatoms. The van der Waals surface area contributed by atoms with Gasteiger partial charge in [-0.15, -0.1) is 0 Å². The highest BCUT2D eigenvalue weighted by molar-refractivity contribution is 9.11. The van der Waals surface area contributed by atoms with Gasteiger partial charge < -0.3 is 5.11 Å². The molecule has 1 fully saturated rings. The van der Waals surface area contributed by atoms with Gasteiger partial charge in [-0.25, -0.2) is 0 Å². The fourth-order valence-electron chi connectivity index (χ4n) is 2.94. The number of nitrogens with zero attached hydrogens (tertiary/aromatic N) is 2. The van der Waals surface area contributed by atoms with Crippen LogP contribution in [0.4, 0.5) is 0 Å². The lowest BCUT2D eigenvalue weighted by Gasteiger charge is -2.11. The van der Waals surface area contributed by atoms with Crippen LogP contribution in [-0.4, -0.2) is 14.9 Å². The number of halogens is 2. The Balaban J connectivity index is 1.70. The maximum Gasteiger partial charge on any atom is 0.0846 e. The van der Waals surface area contributed by atoms with Crippen LogP contribution in [0.5, 0.6) is 0 Å². The summed E-state index contributed by atoms with van der Waals surface area (Å²) in [7, 11) is 0. The molecule has 0 amide bonds. The molecule has 1 aliphatic carbocycles. The summed E-state index contributed by atoms with van der Waals surface area (Å²) in [6.45, 7) is 0. The van der Waals surface area contributed by atoms with Gasteiger partial charge >= 0.3 is 0 Å². The molecular weight excluding hydrogens is 396 g/mol. The van der Waals surface area contributed by atoms with Gasteiger partial charge in [0.05, 0.1) is 17.8 Å². The summed E-state index contributed by atoms with van der Waals surface area (Å²) in [5, 5.41) is 15.0. The molecule has 1 atom stereocenters. The minimum absolute atomic E-state index is 0.536. The zero-order chi connectivity index (χ0) is 14.8. The van der Waals surface area contributed by atoms with Crippen LogP contribution in [-0.2, 0) is 6.42 Å². The molecule has 1 unspecified atom stereocenters. The van der Waals surface area contributed by atoms with Crippen LogP contribution in [0.1, 0.15) is 49.1 Å². The number of benzene rings is 1. The molecule has 1 heterocycles. The molecule has 1 N–H and O–H groups in total. The molecule has 1 aliphatic rings. The predicted molar refractivity (Wildman–Crippen MR) is 90.2 cm³/mol. The Bertz CT molecular complexity index is 600. The maximum atomic E-state index is 10.4. The van der Waals surface area contributed by atoms with Gasteiger partial charge in [0.2, 0.25) is 0 Å². The van der Waals surface area contributed by atoms with Crippen LogP contribution in [0.3, 0.4) is 0 Å². The third-order valence-corrected chi connectivity index (χ3v) is 4.95. The number of hydrogen-bond acceptors (Lipinski definition) is 2. The molecule has 112 valence electrons. The molecule has 2 aromatic rings. The topological polar surface area (TPSA) is 38.0 Å². The Kier molecular flexibility index (Phi) is 4.82. The second-order valence-corrected chi connectivity index (χ2v) is 7.48. The first-order valence-electron chi connectivity index (χ1n) is 7.30. The van der Waals surface area contributed by atoms with E-state index in [0.717, 1.165) is 20.2 Å². The van der Waals surface area contributed by atoms with Crippen molar-refractivity contribution in [1.82, 2.24) is 9.78 Å². The Morgan fingerprint density at radius 3 is 2.52 bits per heavy atom. The van der Waals surface area contributed by atoms with E-state index in [-0.39, 0.29) is 0 Å². The second kappa shape index (κ2) is 6.63. The molecule has 0 spiro atoms. The van der Waals surface area contributed by atoms with Crippen LogP contribution in [0.25, 0.3) is 0 Å². The zero-order valence-electron chi connectivity index (χ0n) is 11.7. The zero-order valence-corrected chi connectivity index (χ0v) is 14.8. The van der Waals surface area contributed by atoms with Gasteiger partial charge in [0.25, 0.3) is 0 Å². The van der Waals surface area contributed by atoms with Gasteiger partial charge in [-0.3, -0.25) is 4.68 Å². The third kappa shape index (κ3) is 3.76. The van der Waals surface area contributed by atoms with Gasteiger partial charge in [-0.1, -0.05) is 44.7 Å². The van der Waals surface area contributed by atoms with Crippen molar-refractivity contribution in [3.8, 4) is 0 Å². The van der Waals surface area contributed by atoms with Crippen LogP contribution in [0, 0.1) is 0 Å². The second-order valence-electron chi connectivity index (χ2n) is 5.65. The molecule has 1 saturated carbocycles. The van der Waals surface area contributed by atoms with E-state index < -0.39 is 6.10 Å². The van der Waals surface area contributed by atoms with E-state index in [9.17, 15) is 5.11 Å². The van der Waals surface area contributed by atoms with Crippen molar-refractivity contribution in [2.75, 3.05) is 0 Å². The summed E-state index contributed by atoms with van der Waals surface area (Å²) in [6, 6.07) is 8.43. The van der Waals surface area contributed by atoms with E-state index in [1.54, 1.807) is 0 Å². The first-order valence-corrected chi connectivity index (χ1v) is 8.88. The standard InChI is InChI=1S/C16H18Br2N2O/c17-12-7-11(8-13(18)9-12)16(21)10-14-5-6-20(19-14)15-3-1-2-4-15/h5-9,15-16,21H,1-4,10H2. The molecule has 1 aromatic carbocycles. The lowest BCUT2D eigenvalue weighted by Crippen LogP contribution is -2.07. The fourth-order valence-corrected chi connectivity index (χ4v) is 4.27. The summed E-state index contributed by atoms with van der Waals surface area (Å²) < 4.78 is 4.00. The van der Waals surface area contributed by atoms with Crippen molar-refractivity contribution in [3.63, 3.8) is 0 Å². The molecule has 0 aliphatic heterocycles. The summed E-state index contributed by atoms with van der Waals surface area (Å²) in [5.74, 6) is 0. The van der Waals surface area contributed by atoms with Gasteiger partial charge in [0.1, 0.15) is 0 Å². The van der Waals surface area contributed by atoms with E-state index in [2.05, 4.69) is 47.8 Å². The largest absolute Gasteiger partial charge is 0.388 e. The average molecular weight is 414 g/mol. The number of aromatic nitrogens is 2. The van der Waals surface area contributed by atoms with Crippen molar-refractivity contribution in [1.29, 1.82) is 0 Å². The highest BCUT2D eigenvalue weighted by Crippen LogP contribution is 2.30. The van der Waals surface area contributed by atoms with Crippen molar-refractivity contribution < 1.29 is 5.11 Å². The lowest BCUT2D eigenvalue weighted by atomic mass is 10.1. The van der Waals surface area contributed by atoms with E-state index in [1.807, 2.05) is 24.3 Å². The molecule has 0 bridgehead atoms. The van der Waals surface area contributed by atoms with Crippen LogP contribution < -0.4 is 0 Å². The first kappa shape index (κ1) is 15.3. The molecule has 3 nitrogen and oxygen atoms in total. The number of aliphatic hydroxyl groups is 1. The molecule has 0 saturated heterocycles. The maximum absolute atomic E-state index is 10.4. The van der Waals surface area contributed by atoms with Gasteiger partial charge in [0.15, 0.2) is 0 Å². The third-order valence-electron chi connectivity index (χ3n) is 4.03. The monoisotopic (exact) mass is 412 g/mol. The van der Waals surface area contributed by atoms with Gasteiger partial charge in [-0.05, 0) is 42.7 Å². The Morgan fingerprint density at radius 1 is 1.19 bits per heavy atom. The molecule has 0 radical (unpaired) electrons. The van der Waals surface area contributed by atoms with Gasteiger partial charge in [-0.2, -0.15) is 5.10 Å². The highest BCUT2D eigenvalue weighted by Gasteiger charge is 2.18. The predicted octanol–water partition coefficient (Wildman–Crippen LogP) is 4.80. The number of hydrogen-bond donors (Lipinski definition) is 1. The van der Waals surface area contributed by atoms with E-state index in [4.69, 9.17) is 0 Å². The Morgan fingerprint density at radius 2 is 1.86 bits per heavy atom. The first-order chi connectivity index (χ1) is 10.1. The number of aliphatic hydroxyl groups excluding tert-OH is 1. The number of rotatable bonds is 4. The van der Waals surface area contributed by atoms with Crippen LogP contribution >= 0.6 is 31.9 Å². The summed E-state index contributed by atoms with van der Waals surface area (Å²) >= 11 is 6.91. The summed E-state index contributed by atoms with van der Waals surface area (Å²) in [5.41, 5.74) is 1.84. The SMILES string of the molecule is OC(Cc1ccn(C2CCCC2)n1)c1cc(Br)cc(Br)c1.